The first-order chi connectivity index (χ1) is 14.9. The van der Waals surface area contributed by atoms with E-state index in [4.69, 9.17) is 11.2 Å². The van der Waals surface area contributed by atoms with Crippen molar-refractivity contribution >= 4 is 23.9 Å². The average Bonchev–Trinajstić information content (AvgIpc) is 2.73. The van der Waals surface area contributed by atoms with Crippen molar-refractivity contribution in [2.75, 3.05) is 20.2 Å². The molecular weight excluding hydrogens is 414 g/mol. The lowest BCUT2D eigenvalue weighted by molar-refractivity contribution is -0.144. The minimum atomic E-state index is -1.13. The van der Waals surface area contributed by atoms with Gasteiger partial charge in [0.1, 0.15) is 24.2 Å². The van der Waals surface area contributed by atoms with Gasteiger partial charge in [-0.3, -0.25) is 14.4 Å². The molecule has 0 aliphatic rings. The molecule has 9 heteroatoms. The summed E-state index contributed by atoms with van der Waals surface area (Å²) in [5, 5.41) is 4.96. The Morgan fingerprint density at radius 1 is 1.19 bits per heavy atom. The number of hydrogen-bond acceptors (Lipinski definition) is 6. The number of ether oxygens (including phenoxy) is 2. The molecule has 2 atom stereocenters. The van der Waals surface area contributed by atoms with Crippen molar-refractivity contribution in [2.45, 2.75) is 52.3 Å². The number of esters is 1. The summed E-state index contributed by atoms with van der Waals surface area (Å²) in [5.41, 5.74) is 0.0982. The van der Waals surface area contributed by atoms with Crippen molar-refractivity contribution in [3.05, 3.63) is 35.4 Å². The van der Waals surface area contributed by atoms with E-state index in [0.717, 1.165) is 0 Å². The molecule has 0 aliphatic heterocycles. The predicted molar refractivity (Wildman–Crippen MR) is 118 cm³/mol. The largest absolute Gasteiger partial charge is 0.468 e. The first-order valence-electron chi connectivity index (χ1n) is 10.1. The molecule has 0 aromatic heterocycles. The maximum Gasteiger partial charge on any atom is 0.408 e. The molecule has 0 bridgehead atoms. The first-order valence-corrected chi connectivity index (χ1v) is 10.1. The van der Waals surface area contributed by atoms with Crippen LogP contribution in [0.5, 0.6) is 0 Å². The molecular formula is C23H31N3O6. The molecule has 2 N–H and O–H groups in total. The van der Waals surface area contributed by atoms with Crippen molar-refractivity contribution in [2.24, 2.45) is 0 Å². The monoisotopic (exact) mass is 445 g/mol. The standard InChI is InChI=1S/C23H31N3O6/c1-8-16-12-10-11-13-17(16)19(20(28)24-14-18(27)31-7)26(9-2)21(29)15(3)25-22(30)32-23(4,5)6/h1,10-13,15,19H,9,14H2,2-7H3,(H,24,28)(H,25,30). The molecule has 2 unspecified atom stereocenters. The highest BCUT2D eigenvalue weighted by molar-refractivity contribution is 5.93. The zero-order valence-electron chi connectivity index (χ0n) is 19.4. The molecule has 1 rings (SSSR count). The highest BCUT2D eigenvalue weighted by atomic mass is 16.6. The van der Waals surface area contributed by atoms with Crippen LogP contribution in [0.1, 0.15) is 51.8 Å². The quantitative estimate of drug-likeness (QED) is 0.466. The summed E-state index contributed by atoms with van der Waals surface area (Å²) in [7, 11) is 1.20. The van der Waals surface area contributed by atoms with E-state index < -0.39 is 41.6 Å². The van der Waals surface area contributed by atoms with Gasteiger partial charge in [-0.25, -0.2) is 4.79 Å². The van der Waals surface area contributed by atoms with Crippen molar-refractivity contribution in [3.8, 4) is 12.3 Å². The van der Waals surface area contributed by atoms with Crippen molar-refractivity contribution in [1.29, 1.82) is 0 Å². The van der Waals surface area contributed by atoms with Gasteiger partial charge in [0.15, 0.2) is 0 Å². The lowest BCUT2D eigenvalue weighted by Crippen LogP contribution is -2.52. The summed E-state index contributed by atoms with van der Waals surface area (Å²) in [4.78, 5) is 51.2. The molecule has 1 aromatic rings. The lowest BCUT2D eigenvalue weighted by atomic mass is 9.97. The third-order valence-corrected chi connectivity index (χ3v) is 4.33. The van der Waals surface area contributed by atoms with Crippen LogP contribution in [0.15, 0.2) is 24.3 Å². The van der Waals surface area contributed by atoms with Gasteiger partial charge in [-0.1, -0.05) is 24.1 Å². The second kappa shape index (κ2) is 11.7. The van der Waals surface area contributed by atoms with Gasteiger partial charge in [-0.05, 0) is 46.2 Å². The fourth-order valence-electron chi connectivity index (χ4n) is 2.91. The molecule has 9 nitrogen and oxygen atoms in total. The Hall–Kier alpha value is -3.54. The average molecular weight is 446 g/mol. The zero-order valence-corrected chi connectivity index (χ0v) is 19.4. The number of benzene rings is 1. The predicted octanol–water partition coefficient (Wildman–Crippen LogP) is 1.76. The normalized spacial score (nSPS) is 12.5. The smallest absolute Gasteiger partial charge is 0.408 e. The number of nitrogens with one attached hydrogen (secondary N) is 2. The van der Waals surface area contributed by atoms with E-state index >= 15 is 0 Å². The molecule has 0 spiro atoms. The van der Waals surface area contributed by atoms with E-state index in [1.807, 2.05) is 0 Å². The van der Waals surface area contributed by atoms with Gasteiger partial charge in [-0.15, -0.1) is 6.42 Å². The molecule has 3 amide bonds. The summed E-state index contributed by atoms with van der Waals surface area (Å²) in [6.07, 6.45) is 4.84. The number of likely N-dealkylation sites (N-methyl/N-ethyl adjacent to an activating group) is 1. The second-order valence-corrected chi connectivity index (χ2v) is 7.92. The van der Waals surface area contributed by atoms with E-state index in [2.05, 4.69) is 21.3 Å². The molecule has 0 fully saturated rings. The van der Waals surface area contributed by atoms with Gasteiger partial charge in [0.05, 0.1) is 7.11 Å². The number of nitrogens with zero attached hydrogens (tertiary/aromatic N) is 1. The topological polar surface area (TPSA) is 114 Å². The maximum absolute atomic E-state index is 13.2. The van der Waals surface area contributed by atoms with Crippen LogP contribution in [-0.2, 0) is 23.9 Å². The summed E-state index contributed by atoms with van der Waals surface area (Å²) in [6, 6.07) is 4.58. The number of terminal acetylenes is 1. The van der Waals surface area contributed by atoms with Crippen LogP contribution in [0.4, 0.5) is 4.79 Å². The Balaban J connectivity index is 3.25. The van der Waals surface area contributed by atoms with Crippen LogP contribution in [0.25, 0.3) is 0 Å². The molecule has 0 saturated carbocycles. The fraction of sp³-hybridized carbons (Fsp3) is 0.478. The Kier molecular flexibility index (Phi) is 9.72. The van der Waals surface area contributed by atoms with Crippen molar-refractivity contribution in [3.63, 3.8) is 0 Å². The van der Waals surface area contributed by atoms with Crippen LogP contribution in [0.2, 0.25) is 0 Å². The van der Waals surface area contributed by atoms with Gasteiger partial charge in [0, 0.05) is 12.1 Å². The second-order valence-electron chi connectivity index (χ2n) is 7.92. The molecule has 0 heterocycles. The third kappa shape index (κ3) is 7.61. The van der Waals surface area contributed by atoms with E-state index in [0.29, 0.717) is 11.1 Å². The van der Waals surface area contributed by atoms with Gasteiger partial charge in [-0.2, -0.15) is 0 Å². The van der Waals surface area contributed by atoms with E-state index in [1.54, 1.807) is 52.0 Å². The summed E-state index contributed by atoms with van der Waals surface area (Å²) in [6.45, 7) is 8.06. The molecule has 0 saturated heterocycles. The Labute approximate surface area is 188 Å². The third-order valence-electron chi connectivity index (χ3n) is 4.33. The highest BCUT2D eigenvalue weighted by Crippen LogP contribution is 2.25. The summed E-state index contributed by atoms with van der Waals surface area (Å²) in [5.74, 6) is 0.733. The number of amides is 3. The van der Waals surface area contributed by atoms with Crippen LogP contribution in [-0.4, -0.2) is 60.6 Å². The Morgan fingerprint density at radius 2 is 1.81 bits per heavy atom. The van der Waals surface area contributed by atoms with Crippen LogP contribution >= 0.6 is 0 Å². The maximum atomic E-state index is 13.2. The van der Waals surface area contributed by atoms with Gasteiger partial charge in [0.25, 0.3) is 0 Å². The number of carbonyl (C=O) groups excluding carboxylic acids is 4. The van der Waals surface area contributed by atoms with Crippen molar-refractivity contribution in [1.82, 2.24) is 15.5 Å². The molecule has 1 aromatic carbocycles. The number of carbonyl (C=O) groups is 4. The number of alkyl carbamates (subject to hydrolysis) is 1. The number of methoxy groups -OCH3 is 1. The van der Waals surface area contributed by atoms with Gasteiger partial charge in [0.2, 0.25) is 11.8 Å². The molecule has 174 valence electrons. The van der Waals surface area contributed by atoms with Crippen LogP contribution in [0, 0.1) is 12.3 Å². The Morgan fingerprint density at radius 3 is 2.34 bits per heavy atom. The number of rotatable bonds is 8. The lowest BCUT2D eigenvalue weighted by Gasteiger charge is -2.33. The van der Waals surface area contributed by atoms with Gasteiger partial charge >= 0.3 is 12.1 Å². The van der Waals surface area contributed by atoms with E-state index in [9.17, 15) is 19.2 Å². The molecule has 0 aliphatic carbocycles. The fourth-order valence-corrected chi connectivity index (χ4v) is 2.91. The van der Waals surface area contributed by atoms with Gasteiger partial charge < -0.3 is 25.0 Å². The minimum absolute atomic E-state index is 0.133. The van der Waals surface area contributed by atoms with Crippen LogP contribution in [0.3, 0.4) is 0 Å². The molecule has 0 radical (unpaired) electrons. The zero-order chi connectivity index (χ0) is 24.5. The van der Waals surface area contributed by atoms with Crippen molar-refractivity contribution < 1.29 is 28.7 Å². The SMILES string of the molecule is C#Cc1ccccc1C(C(=O)NCC(=O)OC)N(CC)C(=O)C(C)NC(=O)OC(C)(C)C. The van der Waals surface area contributed by atoms with Crippen LogP contribution < -0.4 is 10.6 Å². The number of hydrogen-bond donors (Lipinski definition) is 2. The van der Waals surface area contributed by atoms with E-state index in [1.165, 1.54) is 18.9 Å². The highest BCUT2D eigenvalue weighted by Gasteiger charge is 2.35. The van der Waals surface area contributed by atoms with E-state index in [-0.39, 0.29) is 13.1 Å². The molecule has 32 heavy (non-hydrogen) atoms. The Bertz CT molecular complexity index is 884. The summed E-state index contributed by atoms with van der Waals surface area (Å²) < 4.78 is 9.76. The first kappa shape index (κ1) is 26.5. The summed E-state index contributed by atoms with van der Waals surface area (Å²) >= 11 is 0. The minimum Gasteiger partial charge on any atom is -0.468 e.